The van der Waals surface area contributed by atoms with Crippen LogP contribution in [0.4, 0.5) is 0 Å². The first-order chi connectivity index (χ1) is 14.9. The van der Waals surface area contributed by atoms with Gasteiger partial charge in [0.1, 0.15) is 18.2 Å². The van der Waals surface area contributed by atoms with Gasteiger partial charge in [-0.15, -0.1) is 0 Å². The van der Waals surface area contributed by atoms with Crippen molar-refractivity contribution < 1.29 is 23.9 Å². The van der Waals surface area contributed by atoms with Crippen molar-refractivity contribution in [2.75, 3.05) is 0 Å². The minimum Gasteiger partial charge on any atom is -0.461 e. The number of cyclic esters (lactones) is 1. The molecule has 1 unspecified atom stereocenters. The normalized spacial score (nSPS) is 20.0. The molecule has 1 aliphatic heterocycles. The van der Waals surface area contributed by atoms with Crippen molar-refractivity contribution in [3.8, 4) is 0 Å². The Morgan fingerprint density at radius 3 is 2.29 bits per heavy atom. The highest BCUT2D eigenvalue weighted by Gasteiger charge is 2.43. The Morgan fingerprint density at radius 2 is 1.71 bits per heavy atom. The van der Waals surface area contributed by atoms with Crippen LogP contribution in [0.25, 0.3) is 0 Å². The SMILES string of the molecule is CCCCCCC[C@@H](C[C@@H]1OC(=O)[C@H]1CCCCCC)OC(=O)C(CC(C)C)NC=O. The number of hydrogen-bond donors (Lipinski definition) is 1. The van der Waals surface area contributed by atoms with Gasteiger partial charge in [-0.25, -0.2) is 4.79 Å². The predicted molar refractivity (Wildman–Crippen MR) is 122 cm³/mol. The second kappa shape index (κ2) is 16.1. The summed E-state index contributed by atoms with van der Waals surface area (Å²) in [5.41, 5.74) is 0. The van der Waals surface area contributed by atoms with Gasteiger partial charge in [0, 0.05) is 6.42 Å². The average molecular weight is 440 g/mol. The monoisotopic (exact) mass is 439 g/mol. The van der Waals surface area contributed by atoms with E-state index in [0.29, 0.717) is 19.3 Å². The standard InChI is InChI=1S/C25H45NO5/c1-5-7-9-11-12-14-20(30-25(29)22(26-18-27)16-19(3)4)17-23-21(24(28)31-23)15-13-10-8-6-2/h18-23H,5-17H2,1-4H3,(H,26,27)/t20-,21-,22?,23-/m0/s1. The lowest BCUT2D eigenvalue weighted by molar-refractivity contribution is -0.190. The van der Waals surface area contributed by atoms with Crippen LogP contribution in [0, 0.1) is 11.8 Å². The summed E-state index contributed by atoms with van der Waals surface area (Å²) < 4.78 is 11.3. The van der Waals surface area contributed by atoms with Crippen molar-refractivity contribution in [2.45, 2.75) is 129 Å². The molecule has 1 fully saturated rings. The Kier molecular flexibility index (Phi) is 14.3. The molecule has 0 spiro atoms. The summed E-state index contributed by atoms with van der Waals surface area (Å²) in [5, 5.41) is 2.60. The van der Waals surface area contributed by atoms with Gasteiger partial charge in [-0.05, 0) is 31.6 Å². The molecule has 0 bridgehead atoms. The minimum absolute atomic E-state index is 0.0716. The second-order valence-corrected chi connectivity index (χ2v) is 9.40. The van der Waals surface area contributed by atoms with E-state index in [1.807, 2.05) is 13.8 Å². The fourth-order valence-corrected chi connectivity index (χ4v) is 4.20. The average Bonchev–Trinajstić information content (AvgIpc) is 2.72. The van der Waals surface area contributed by atoms with E-state index in [1.54, 1.807) is 0 Å². The topological polar surface area (TPSA) is 81.7 Å². The molecular weight excluding hydrogens is 394 g/mol. The molecule has 0 aromatic rings. The Morgan fingerprint density at radius 1 is 1.06 bits per heavy atom. The summed E-state index contributed by atoms with van der Waals surface area (Å²) in [4.78, 5) is 35.7. The van der Waals surface area contributed by atoms with Crippen LogP contribution < -0.4 is 5.32 Å². The maximum atomic E-state index is 12.7. The fraction of sp³-hybridized carbons (Fsp3) is 0.880. The van der Waals surface area contributed by atoms with Crippen molar-refractivity contribution in [3.63, 3.8) is 0 Å². The third-order valence-electron chi connectivity index (χ3n) is 6.06. The molecular formula is C25H45NO5. The number of nitrogens with one attached hydrogen (secondary N) is 1. The first kappa shape index (κ1) is 27.4. The highest BCUT2D eigenvalue weighted by molar-refractivity contribution is 5.79. The fourth-order valence-electron chi connectivity index (χ4n) is 4.20. The summed E-state index contributed by atoms with van der Waals surface area (Å²) >= 11 is 0. The van der Waals surface area contributed by atoms with Gasteiger partial charge in [-0.1, -0.05) is 79.1 Å². The van der Waals surface area contributed by atoms with E-state index in [-0.39, 0.29) is 36.0 Å². The van der Waals surface area contributed by atoms with Crippen LogP contribution in [0.2, 0.25) is 0 Å². The molecule has 6 nitrogen and oxygen atoms in total. The van der Waals surface area contributed by atoms with Crippen molar-refractivity contribution in [3.05, 3.63) is 0 Å². The molecule has 0 aromatic heterocycles. The zero-order valence-electron chi connectivity index (χ0n) is 20.2. The van der Waals surface area contributed by atoms with Gasteiger partial charge < -0.3 is 14.8 Å². The zero-order valence-corrected chi connectivity index (χ0v) is 20.2. The van der Waals surface area contributed by atoms with Crippen LogP contribution in [-0.4, -0.2) is 36.6 Å². The maximum absolute atomic E-state index is 12.7. The lowest BCUT2D eigenvalue weighted by Crippen LogP contribution is -2.48. The van der Waals surface area contributed by atoms with Crippen LogP contribution in [0.1, 0.15) is 111 Å². The lowest BCUT2D eigenvalue weighted by atomic mass is 9.86. The van der Waals surface area contributed by atoms with E-state index in [1.165, 1.54) is 32.1 Å². The maximum Gasteiger partial charge on any atom is 0.328 e. The Labute approximate surface area is 189 Å². The summed E-state index contributed by atoms with van der Waals surface area (Å²) in [5.74, 6) is -0.311. The molecule has 0 aliphatic carbocycles. The molecule has 1 heterocycles. The molecule has 0 aromatic carbocycles. The summed E-state index contributed by atoms with van der Waals surface area (Å²) in [6.45, 7) is 8.38. The third kappa shape index (κ3) is 11.0. The van der Waals surface area contributed by atoms with E-state index in [9.17, 15) is 14.4 Å². The van der Waals surface area contributed by atoms with Gasteiger partial charge in [0.15, 0.2) is 0 Å². The van der Waals surface area contributed by atoms with E-state index in [0.717, 1.165) is 38.5 Å². The van der Waals surface area contributed by atoms with Gasteiger partial charge in [-0.3, -0.25) is 9.59 Å². The number of unbranched alkanes of at least 4 members (excludes halogenated alkanes) is 7. The van der Waals surface area contributed by atoms with Crippen LogP contribution >= 0.6 is 0 Å². The van der Waals surface area contributed by atoms with Gasteiger partial charge in [0.2, 0.25) is 6.41 Å². The molecule has 1 amide bonds. The summed E-state index contributed by atoms with van der Waals surface area (Å²) in [7, 11) is 0. The molecule has 1 saturated heterocycles. The zero-order chi connectivity index (χ0) is 23.1. The largest absolute Gasteiger partial charge is 0.461 e. The van der Waals surface area contributed by atoms with Crippen LogP contribution in [-0.2, 0) is 23.9 Å². The van der Waals surface area contributed by atoms with Crippen molar-refractivity contribution >= 4 is 18.3 Å². The Hall–Kier alpha value is -1.59. The quantitative estimate of drug-likeness (QED) is 0.167. The Balaban J connectivity index is 2.66. The van der Waals surface area contributed by atoms with Crippen molar-refractivity contribution in [1.82, 2.24) is 5.32 Å². The summed E-state index contributed by atoms with van der Waals surface area (Å²) in [6.07, 6.45) is 13.0. The first-order valence-electron chi connectivity index (χ1n) is 12.5. The number of carbonyl (C=O) groups is 3. The molecule has 0 saturated carbocycles. The molecule has 1 aliphatic rings. The van der Waals surface area contributed by atoms with Crippen LogP contribution in [0.5, 0.6) is 0 Å². The van der Waals surface area contributed by atoms with Crippen LogP contribution in [0.15, 0.2) is 0 Å². The molecule has 1 rings (SSSR count). The lowest BCUT2D eigenvalue weighted by Gasteiger charge is -2.37. The highest BCUT2D eigenvalue weighted by Crippen LogP contribution is 2.32. The van der Waals surface area contributed by atoms with Gasteiger partial charge >= 0.3 is 11.9 Å². The van der Waals surface area contributed by atoms with Gasteiger partial charge in [-0.2, -0.15) is 0 Å². The smallest absolute Gasteiger partial charge is 0.328 e. The van der Waals surface area contributed by atoms with E-state index in [2.05, 4.69) is 19.2 Å². The molecule has 31 heavy (non-hydrogen) atoms. The van der Waals surface area contributed by atoms with Gasteiger partial charge in [0.05, 0.1) is 5.92 Å². The Bertz CT molecular complexity index is 522. The van der Waals surface area contributed by atoms with E-state index >= 15 is 0 Å². The van der Waals surface area contributed by atoms with Gasteiger partial charge in [0.25, 0.3) is 0 Å². The number of ether oxygens (including phenoxy) is 2. The van der Waals surface area contributed by atoms with Crippen LogP contribution in [0.3, 0.4) is 0 Å². The minimum atomic E-state index is -0.631. The molecule has 0 radical (unpaired) electrons. The van der Waals surface area contributed by atoms with E-state index < -0.39 is 6.04 Å². The molecule has 180 valence electrons. The number of hydrogen-bond acceptors (Lipinski definition) is 5. The number of rotatable bonds is 19. The predicted octanol–water partition coefficient (Wildman–Crippen LogP) is 5.32. The highest BCUT2D eigenvalue weighted by atomic mass is 16.6. The number of carbonyl (C=O) groups excluding carboxylic acids is 3. The van der Waals surface area contributed by atoms with Crippen molar-refractivity contribution in [1.29, 1.82) is 0 Å². The third-order valence-corrected chi connectivity index (χ3v) is 6.06. The summed E-state index contributed by atoms with van der Waals surface area (Å²) in [6, 6.07) is -0.631. The molecule has 6 heteroatoms. The second-order valence-electron chi connectivity index (χ2n) is 9.40. The number of amides is 1. The number of esters is 2. The van der Waals surface area contributed by atoms with E-state index in [4.69, 9.17) is 9.47 Å². The molecule has 4 atom stereocenters. The van der Waals surface area contributed by atoms with Crippen molar-refractivity contribution in [2.24, 2.45) is 11.8 Å². The first-order valence-corrected chi connectivity index (χ1v) is 12.5. The molecule has 1 N–H and O–H groups in total.